The number of benzene rings is 4. The van der Waals surface area contributed by atoms with Crippen molar-refractivity contribution in [2.75, 3.05) is 0 Å². The van der Waals surface area contributed by atoms with E-state index in [2.05, 4.69) is 121 Å². The fourth-order valence-electron chi connectivity index (χ4n) is 7.72. The van der Waals surface area contributed by atoms with Gasteiger partial charge in [0.2, 0.25) is 0 Å². The molecule has 4 aromatic rings. The summed E-state index contributed by atoms with van der Waals surface area (Å²) in [6, 6.07) is 46.6. The Hall–Kier alpha value is -2.26. The predicted octanol–water partition coefficient (Wildman–Crippen LogP) is 9.54. The second-order valence-electron chi connectivity index (χ2n) is 12.2. The topological polar surface area (TPSA) is 0 Å². The number of hydrogen-bond donors (Lipinski definition) is 0. The van der Waals surface area contributed by atoms with Gasteiger partial charge in [0.15, 0.2) is 0 Å². The van der Waals surface area contributed by atoms with Crippen molar-refractivity contribution in [3.63, 3.8) is 0 Å². The third kappa shape index (κ3) is 7.22. The van der Waals surface area contributed by atoms with Crippen LogP contribution in [0.4, 0.5) is 0 Å². The van der Waals surface area contributed by atoms with E-state index in [1.165, 1.54) is 70.6 Å². The predicted molar refractivity (Wildman–Crippen MR) is 183 cm³/mol. The van der Waals surface area contributed by atoms with Crippen molar-refractivity contribution in [3.8, 4) is 0 Å². The van der Waals surface area contributed by atoms with Gasteiger partial charge >= 0.3 is 0 Å². The molecule has 2 aliphatic carbocycles. The van der Waals surface area contributed by atoms with Crippen molar-refractivity contribution in [2.24, 2.45) is 11.8 Å². The molecule has 212 valence electrons. The van der Waals surface area contributed by atoms with E-state index in [1.54, 1.807) is 21.2 Å². The first-order valence-electron chi connectivity index (χ1n) is 16.2. The van der Waals surface area contributed by atoms with E-state index in [1.807, 2.05) is 0 Å². The van der Waals surface area contributed by atoms with E-state index >= 15 is 0 Å². The van der Waals surface area contributed by atoms with Gasteiger partial charge in [-0.3, -0.25) is 0 Å². The van der Waals surface area contributed by atoms with E-state index in [-0.39, 0.29) is 0 Å². The van der Waals surface area contributed by atoms with Crippen LogP contribution in [-0.4, -0.2) is 11.3 Å². The molecule has 2 heteroatoms. The molecule has 0 bridgehead atoms. The maximum absolute atomic E-state index is 2.45. The van der Waals surface area contributed by atoms with Crippen LogP contribution in [0.1, 0.15) is 70.6 Å². The van der Waals surface area contributed by atoms with E-state index < -0.39 is 15.8 Å². The quantitative estimate of drug-likeness (QED) is 0.165. The average Bonchev–Trinajstić information content (AvgIpc) is 3.07. The molecule has 0 spiro atoms. The standard InChI is InChI=1S/C39H46P2/c1-7-19-32(20-8-1)38(40(34-23-11-3-12-24-34)35-25-13-4-14-26-35)31-39(33-21-9-2-10-22-33)41(36-27-15-5-16-28-36)37-29-17-6-18-30-37/h3-6,11-18,23-30,32-33,38-39H,1-2,7-10,19-22,31H2/t38-,39-/m0/s1. The van der Waals surface area contributed by atoms with Crippen molar-refractivity contribution in [3.05, 3.63) is 121 Å². The van der Waals surface area contributed by atoms with E-state index in [9.17, 15) is 0 Å². The first kappa shape index (κ1) is 28.8. The number of hydrogen-bond acceptors (Lipinski definition) is 0. The van der Waals surface area contributed by atoms with E-state index in [4.69, 9.17) is 0 Å². The molecule has 0 nitrogen and oxygen atoms in total. The summed E-state index contributed by atoms with van der Waals surface area (Å²) in [5.41, 5.74) is 1.44. The molecule has 0 aromatic heterocycles. The second kappa shape index (κ2) is 14.8. The summed E-state index contributed by atoms with van der Waals surface area (Å²) < 4.78 is 0. The lowest BCUT2D eigenvalue weighted by atomic mass is 9.81. The molecule has 6 rings (SSSR count). The normalized spacial score (nSPS) is 18.4. The fourth-order valence-corrected chi connectivity index (χ4v) is 14.3. The van der Waals surface area contributed by atoms with E-state index in [0.29, 0.717) is 0 Å². The van der Waals surface area contributed by atoms with Gasteiger partial charge in [-0.1, -0.05) is 160 Å². The maximum Gasteiger partial charge on any atom is -0.00941 e. The monoisotopic (exact) mass is 576 g/mol. The summed E-state index contributed by atoms with van der Waals surface area (Å²) in [6.45, 7) is 0. The highest BCUT2D eigenvalue weighted by Crippen LogP contribution is 2.55. The summed E-state index contributed by atoms with van der Waals surface area (Å²) in [6.07, 6.45) is 15.5. The molecule has 0 aliphatic heterocycles. The molecule has 2 saturated carbocycles. The summed E-state index contributed by atoms with van der Waals surface area (Å²) in [5.74, 6) is 1.65. The maximum atomic E-state index is 2.45. The van der Waals surface area contributed by atoms with Crippen LogP contribution in [0.3, 0.4) is 0 Å². The zero-order chi connectivity index (χ0) is 27.7. The van der Waals surface area contributed by atoms with Gasteiger partial charge in [-0.25, -0.2) is 0 Å². The molecule has 0 unspecified atom stereocenters. The van der Waals surface area contributed by atoms with Crippen molar-refractivity contribution in [1.82, 2.24) is 0 Å². The Morgan fingerprint density at radius 1 is 0.390 bits per heavy atom. The first-order valence-corrected chi connectivity index (χ1v) is 19.0. The Morgan fingerprint density at radius 3 is 0.927 bits per heavy atom. The van der Waals surface area contributed by atoms with Crippen molar-refractivity contribution in [1.29, 1.82) is 0 Å². The van der Waals surface area contributed by atoms with Crippen molar-refractivity contribution < 1.29 is 0 Å². The molecule has 0 heterocycles. The van der Waals surface area contributed by atoms with Crippen LogP contribution in [0.25, 0.3) is 0 Å². The van der Waals surface area contributed by atoms with Gasteiger partial charge in [0.05, 0.1) is 0 Å². The third-order valence-corrected chi connectivity index (χ3v) is 15.7. The summed E-state index contributed by atoms with van der Waals surface area (Å²) in [7, 11) is -0.886. The first-order chi connectivity index (χ1) is 20.4. The Morgan fingerprint density at radius 2 is 0.659 bits per heavy atom. The average molecular weight is 577 g/mol. The highest BCUT2D eigenvalue weighted by molar-refractivity contribution is 7.74. The van der Waals surface area contributed by atoms with Crippen molar-refractivity contribution in [2.45, 2.75) is 81.9 Å². The highest BCUT2D eigenvalue weighted by Gasteiger charge is 2.40. The molecule has 0 radical (unpaired) electrons. The number of rotatable bonds is 10. The van der Waals surface area contributed by atoms with Crippen LogP contribution in [0.15, 0.2) is 121 Å². The highest BCUT2D eigenvalue weighted by atomic mass is 31.1. The van der Waals surface area contributed by atoms with Crippen LogP contribution < -0.4 is 21.2 Å². The lowest BCUT2D eigenvalue weighted by molar-refractivity contribution is 0.301. The third-order valence-electron chi connectivity index (χ3n) is 9.67. The Kier molecular flexibility index (Phi) is 10.4. The van der Waals surface area contributed by atoms with Gasteiger partial charge in [-0.05, 0) is 92.3 Å². The SMILES string of the molecule is c1ccc(P(c2ccccc2)[C@@H](C[C@@H](C2CCCCC2)P(c2ccccc2)c2ccccc2)C2CCCCC2)cc1. The van der Waals surface area contributed by atoms with Crippen molar-refractivity contribution >= 4 is 37.1 Å². The molecule has 4 aromatic carbocycles. The Bertz CT molecular complexity index is 1100. The van der Waals surface area contributed by atoms with Gasteiger partial charge in [-0.2, -0.15) is 0 Å². The molecule has 41 heavy (non-hydrogen) atoms. The van der Waals surface area contributed by atoms with Crippen LogP contribution >= 0.6 is 15.8 Å². The van der Waals surface area contributed by atoms with Crippen LogP contribution in [-0.2, 0) is 0 Å². The Labute approximate surface area is 251 Å². The second-order valence-corrected chi connectivity index (χ2v) is 17.1. The molecular weight excluding hydrogens is 530 g/mol. The molecule has 0 saturated heterocycles. The van der Waals surface area contributed by atoms with Crippen LogP contribution in [0, 0.1) is 11.8 Å². The zero-order valence-corrected chi connectivity index (χ0v) is 26.3. The van der Waals surface area contributed by atoms with Gasteiger partial charge in [-0.15, -0.1) is 0 Å². The fraction of sp³-hybridized carbons (Fsp3) is 0.385. The van der Waals surface area contributed by atoms with E-state index in [0.717, 1.165) is 23.2 Å². The lowest BCUT2D eigenvalue weighted by Crippen LogP contribution is -2.37. The molecular formula is C39H46P2. The zero-order valence-electron chi connectivity index (χ0n) is 24.5. The van der Waals surface area contributed by atoms with Crippen LogP contribution in [0.5, 0.6) is 0 Å². The summed E-state index contributed by atoms with van der Waals surface area (Å²) in [5, 5.41) is 6.32. The molecule has 2 aliphatic rings. The smallest absolute Gasteiger partial charge is 0.00941 e. The minimum absolute atomic E-state index is 0.443. The van der Waals surface area contributed by atoms with Gasteiger partial charge < -0.3 is 0 Å². The van der Waals surface area contributed by atoms with Crippen LogP contribution in [0.2, 0.25) is 0 Å². The van der Waals surface area contributed by atoms with Gasteiger partial charge in [0.25, 0.3) is 0 Å². The summed E-state index contributed by atoms with van der Waals surface area (Å²) in [4.78, 5) is 0. The van der Waals surface area contributed by atoms with Gasteiger partial charge in [0, 0.05) is 0 Å². The van der Waals surface area contributed by atoms with Gasteiger partial charge in [0.1, 0.15) is 0 Å². The summed E-state index contributed by atoms with van der Waals surface area (Å²) >= 11 is 0. The molecule has 2 fully saturated rings. The molecule has 0 amide bonds. The largest absolute Gasteiger partial charge is 0.0622 e. The lowest BCUT2D eigenvalue weighted by Gasteiger charge is -2.44. The molecule has 0 N–H and O–H groups in total. The Balaban J connectivity index is 1.48. The minimum Gasteiger partial charge on any atom is -0.0622 e. The minimum atomic E-state index is -0.443. The molecule has 2 atom stereocenters.